The van der Waals surface area contributed by atoms with Crippen LogP contribution in [-0.4, -0.2) is 27.4 Å². The number of benzene rings is 1. The van der Waals surface area contributed by atoms with Crippen LogP contribution in [0.4, 0.5) is 0 Å². The molecular formula is C14H16ClN3O2S. The molecule has 0 atom stereocenters. The summed E-state index contributed by atoms with van der Waals surface area (Å²) in [6, 6.07) is 7.23. The van der Waals surface area contributed by atoms with Gasteiger partial charge in [-0.05, 0) is 32.9 Å². The Morgan fingerprint density at radius 2 is 2.05 bits per heavy atom. The van der Waals surface area contributed by atoms with Gasteiger partial charge in [-0.15, -0.1) is 10.2 Å². The molecule has 0 saturated carbocycles. The minimum Gasteiger partial charge on any atom is -0.411 e. The van der Waals surface area contributed by atoms with Crippen molar-refractivity contribution in [2.45, 2.75) is 31.5 Å². The quantitative estimate of drug-likeness (QED) is 0.873. The topological polar surface area (TPSA) is 68.0 Å². The van der Waals surface area contributed by atoms with Crippen LogP contribution in [0.25, 0.3) is 11.5 Å². The lowest BCUT2D eigenvalue weighted by atomic mass is 10.1. The molecule has 21 heavy (non-hydrogen) atoms. The Kier molecular flexibility index (Phi) is 4.90. The number of rotatable bonds is 4. The summed E-state index contributed by atoms with van der Waals surface area (Å²) >= 11 is 7.26. The molecule has 1 amide bonds. The van der Waals surface area contributed by atoms with Crippen molar-refractivity contribution in [2.75, 3.05) is 5.75 Å². The summed E-state index contributed by atoms with van der Waals surface area (Å²) in [6.45, 7) is 5.79. The molecule has 7 heteroatoms. The summed E-state index contributed by atoms with van der Waals surface area (Å²) in [5.74, 6) is 0.492. The molecule has 0 bridgehead atoms. The molecule has 0 fully saturated rings. The van der Waals surface area contributed by atoms with Crippen molar-refractivity contribution in [1.29, 1.82) is 0 Å². The molecule has 1 N–H and O–H groups in total. The van der Waals surface area contributed by atoms with Gasteiger partial charge in [-0.1, -0.05) is 35.5 Å². The average Bonchev–Trinajstić information content (AvgIpc) is 2.83. The van der Waals surface area contributed by atoms with Gasteiger partial charge in [0.05, 0.1) is 16.3 Å². The van der Waals surface area contributed by atoms with Crippen molar-refractivity contribution < 1.29 is 9.21 Å². The van der Waals surface area contributed by atoms with Crippen LogP contribution < -0.4 is 5.32 Å². The van der Waals surface area contributed by atoms with Crippen LogP contribution >= 0.6 is 23.4 Å². The molecule has 0 spiro atoms. The zero-order valence-corrected chi connectivity index (χ0v) is 13.6. The van der Waals surface area contributed by atoms with Gasteiger partial charge in [0.2, 0.25) is 11.8 Å². The van der Waals surface area contributed by atoms with Gasteiger partial charge < -0.3 is 9.73 Å². The molecular weight excluding hydrogens is 310 g/mol. The Morgan fingerprint density at radius 3 is 2.71 bits per heavy atom. The summed E-state index contributed by atoms with van der Waals surface area (Å²) in [7, 11) is 0. The molecule has 2 aromatic rings. The van der Waals surface area contributed by atoms with E-state index in [1.807, 2.05) is 32.9 Å². The second-order valence-electron chi connectivity index (χ2n) is 5.44. The molecule has 1 aromatic carbocycles. The maximum atomic E-state index is 11.7. The normalized spacial score (nSPS) is 11.4. The molecule has 112 valence electrons. The lowest BCUT2D eigenvalue weighted by Gasteiger charge is -2.19. The number of halogens is 1. The number of aromatic nitrogens is 2. The van der Waals surface area contributed by atoms with Crippen LogP contribution in [0.2, 0.25) is 5.02 Å². The zero-order chi connectivity index (χ0) is 15.5. The number of hydrogen-bond acceptors (Lipinski definition) is 5. The van der Waals surface area contributed by atoms with E-state index in [2.05, 4.69) is 15.5 Å². The molecule has 0 aliphatic rings. The molecule has 0 unspecified atom stereocenters. The van der Waals surface area contributed by atoms with Gasteiger partial charge in [-0.25, -0.2) is 0 Å². The van der Waals surface area contributed by atoms with E-state index in [4.69, 9.17) is 16.0 Å². The average molecular weight is 326 g/mol. The maximum Gasteiger partial charge on any atom is 0.277 e. The molecule has 5 nitrogen and oxygen atoms in total. The molecule has 1 aromatic heterocycles. The van der Waals surface area contributed by atoms with Gasteiger partial charge in [-0.2, -0.15) is 0 Å². The highest BCUT2D eigenvalue weighted by molar-refractivity contribution is 7.99. The Labute approximate surface area is 132 Å². The number of hydrogen-bond donors (Lipinski definition) is 1. The standard InChI is InChI=1S/C14H16ClN3O2S/c1-14(2,3)16-11(19)8-21-13-18-17-12(20-13)9-6-4-5-7-10(9)15/h4-7H,8H2,1-3H3,(H,16,19). The van der Waals surface area contributed by atoms with Crippen molar-refractivity contribution in [2.24, 2.45) is 0 Å². The largest absolute Gasteiger partial charge is 0.411 e. The summed E-state index contributed by atoms with van der Waals surface area (Å²) in [4.78, 5) is 11.7. The second-order valence-corrected chi connectivity index (χ2v) is 6.77. The first-order valence-electron chi connectivity index (χ1n) is 6.37. The van der Waals surface area contributed by atoms with E-state index in [9.17, 15) is 4.79 Å². The number of nitrogens with one attached hydrogen (secondary N) is 1. The Bertz CT molecular complexity index is 637. The van der Waals surface area contributed by atoms with Crippen molar-refractivity contribution in [3.8, 4) is 11.5 Å². The van der Waals surface area contributed by atoms with Gasteiger partial charge in [0.15, 0.2) is 0 Å². The van der Waals surface area contributed by atoms with Gasteiger partial charge >= 0.3 is 0 Å². The Morgan fingerprint density at radius 1 is 1.33 bits per heavy atom. The predicted molar refractivity (Wildman–Crippen MR) is 83.4 cm³/mol. The lowest BCUT2D eigenvalue weighted by molar-refractivity contribution is -0.119. The number of thioether (sulfide) groups is 1. The predicted octanol–water partition coefficient (Wildman–Crippen LogP) is 3.40. The van der Waals surface area contributed by atoms with Crippen LogP contribution in [0, 0.1) is 0 Å². The van der Waals surface area contributed by atoms with Crippen molar-refractivity contribution in [3.63, 3.8) is 0 Å². The summed E-state index contributed by atoms with van der Waals surface area (Å²) in [5.41, 5.74) is 0.424. The van der Waals surface area contributed by atoms with E-state index >= 15 is 0 Å². The smallest absolute Gasteiger partial charge is 0.277 e. The van der Waals surface area contributed by atoms with E-state index in [1.165, 1.54) is 11.8 Å². The van der Waals surface area contributed by atoms with Gasteiger partial charge in [0.25, 0.3) is 5.22 Å². The summed E-state index contributed by atoms with van der Waals surface area (Å²) in [6.07, 6.45) is 0. The minimum atomic E-state index is -0.255. The number of nitrogens with zero attached hydrogens (tertiary/aromatic N) is 2. The fourth-order valence-corrected chi connectivity index (χ4v) is 2.37. The number of carbonyl (C=O) groups is 1. The van der Waals surface area contributed by atoms with Crippen LogP contribution in [0.3, 0.4) is 0 Å². The molecule has 2 rings (SSSR count). The molecule has 0 aliphatic heterocycles. The first-order valence-corrected chi connectivity index (χ1v) is 7.74. The van der Waals surface area contributed by atoms with E-state index in [-0.39, 0.29) is 17.2 Å². The van der Waals surface area contributed by atoms with Crippen LogP contribution in [0.1, 0.15) is 20.8 Å². The maximum absolute atomic E-state index is 11.7. The van der Waals surface area contributed by atoms with E-state index in [0.29, 0.717) is 21.7 Å². The third-order valence-electron chi connectivity index (χ3n) is 2.35. The fraction of sp³-hybridized carbons (Fsp3) is 0.357. The Hall–Kier alpha value is -1.53. The van der Waals surface area contributed by atoms with Crippen LogP contribution in [-0.2, 0) is 4.79 Å². The molecule has 1 heterocycles. The van der Waals surface area contributed by atoms with E-state index in [1.54, 1.807) is 12.1 Å². The highest BCUT2D eigenvalue weighted by Gasteiger charge is 2.16. The summed E-state index contributed by atoms with van der Waals surface area (Å²) in [5, 5.41) is 11.6. The third-order valence-corrected chi connectivity index (χ3v) is 3.50. The summed E-state index contributed by atoms with van der Waals surface area (Å²) < 4.78 is 5.51. The highest BCUT2D eigenvalue weighted by atomic mass is 35.5. The lowest BCUT2D eigenvalue weighted by Crippen LogP contribution is -2.41. The molecule has 0 radical (unpaired) electrons. The molecule has 0 saturated heterocycles. The minimum absolute atomic E-state index is 0.0787. The van der Waals surface area contributed by atoms with Gasteiger partial charge in [0.1, 0.15) is 0 Å². The zero-order valence-electron chi connectivity index (χ0n) is 12.0. The number of carbonyl (C=O) groups excluding carboxylic acids is 1. The monoisotopic (exact) mass is 325 g/mol. The Balaban J connectivity index is 1.98. The van der Waals surface area contributed by atoms with Crippen molar-refractivity contribution in [3.05, 3.63) is 29.3 Å². The van der Waals surface area contributed by atoms with Crippen molar-refractivity contribution >= 4 is 29.3 Å². The number of amides is 1. The third kappa shape index (κ3) is 4.75. The van der Waals surface area contributed by atoms with E-state index in [0.717, 1.165) is 0 Å². The first kappa shape index (κ1) is 15.9. The SMILES string of the molecule is CC(C)(C)NC(=O)CSc1nnc(-c2ccccc2Cl)o1. The highest BCUT2D eigenvalue weighted by Crippen LogP contribution is 2.28. The molecule has 0 aliphatic carbocycles. The second kappa shape index (κ2) is 6.49. The van der Waals surface area contributed by atoms with Crippen LogP contribution in [0.15, 0.2) is 33.9 Å². The van der Waals surface area contributed by atoms with Crippen LogP contribution in [0.5, 0.6) is 0 Å². The van der Waals surface area contributed by atoms with Crippen molar-refractivity contribution in [1.82, 2.24) is 15.5 Å². The van der Waals surface area contributed by atoms with Gasteiger partial charge in [-0.3, -0.25) is 4.79 Å². The fourth-order valence-electron chi connectivity index (χ4n) is 1.59. The van der Waals surface area contributed by atoms with E-state index < -0.39 is 0 Å². The first-order chi connectivity index (χ1) is 9.85. The van der Waals surface area contributed by atoms with Gasteiger partial charge in [0, 0.05) is 5.54 Å².